The van der Waals surface area contributed by atoms with Crippen molar-refractivity contribution in [3.63, 3.8) is 0 Å². The summed E-state index contributed by atoms with van der Waals surface area (Å²) in [4.78, 5) is 26.7. The molecule has 4 rings (SSSR count). The molecule has 0 radical (unpaired) electrons. The number of rotatable bonds is 4. The van der Waals surface area contributed by atoms with Gasteiger partial charge in [0.1, 0.15) is 0 Å². The van der Waals surface area contributed by atoms with Crippen molar-refractivity contribution < 1.29 is 27.5 Å². The molecule has 8 heteroatoms. The first kappa shape index (κ1) is 26.0. The van der Waals surface area contributed by atoms with Crippen LogP contribution in [-0.4, -0.2) is 36.0 Å². The van der Waals surface area contributed by atoms with Crippen LogP contribution in [0.5, 0.6) is 5.75 Å². The van der Waals surface area contributed by atoms with Gasteiger partial charge in [0.25, 0.3) is 5.91 Å². The van der Waals surface area contributed by atoms with E-state index in [9.17, 15) is 22.8 Å². The summed E-state index contributed by atoms with van der Waals surface area (Å²) in [6, 6.07) is 21.1. The first-order valence-corrected chi connectivity index (χ1v) is 11.8. The largest absolute Gasteiger partial charge is 0.491 e. The van der Waals surface area contributed by atoms with Gasteiger partial charge in [-0.2, -0.15) is 13.2 Å². The van der Waals surface area contributed by atoms with E-state index in [1.54, 1.807) is 35.2 Å². The van der Waals surface area contributed by atoms with E-state index in [-0.39, 0.29) is 17.0 Å². The van der Waals surface area contributed by atoms with Crippen molar-refractivity contribution in [3.05, 3.63) is 101 Å². The second-order valence-electron chi connectivity index (χ2n) is 8.70. The lowest BCUT2D eigenvalue weighted by Crippen LogP contribution is -2.38. The Labute approximate surface area is 213 Å². The fourth-order valence-electron chi connectivity index (χ4n) is 4.29. The highest BCUT2D eigenvalue weighted by Crippen LogP contribution is 2.32. The maximum Gasteiger partial charge on any atom is 0.491 e. The molecule has 37 heavy (non-hydrogen) atoms. The van der Waals surface area contributed by atoms with E-state index in [2.05, 4.69) is 17.9 Å². The Morgan fingerprint density at radius 3 is 2.32 bits per heavy atom. The number of esters is 1. The Bertz CT molecular complexity index is 1340. The van der Waals surface area contributed by atoms with Gasteiger partial charge in [-0.15, -0.1) is 0 Å². The van der Waals surface area contributed by atoms with E-state index in [0.29, 0.717) is 38.0 Å². The highest BCUT2D eigenvalue weighted by Gasteiger charge is 2.42. The number of hydrogen-bond acceptors (Lipinski definition) is 4. The van der Waals surface area contributed by atoms with E-state index < -0.39 is 23.8 Å². The fraction of sp³-hybridized carbons (Fsp3) is 0.241. The van der Waals surface area contributed by atoms with Gasteiger partial charge in [-0.25, -0.2) is 4.79 Å². The molecule has 1 aliphatic heterocycles. The number of ether oxygens (including phenoxy) is 1. The third kappa shape index (κ3) is 6.38. The number of nitrogens with two attached hydrogens (primary N) is 1. The fourth-order valence-corrected chi connectivity index (χ4v) is 4.29. The van der Waals surface area contributed by atoms with Crippen LogP contribution in [-0.2, 0) is 11.3 Å². The number of likely N-dealkylation sites (tertiary alicyclic amines) is 1. The van der Waals surface area contributed by atoms with Crippen LogP contribution in [0.25, 0.3) is 0 Å². The summed E-state index contributed by atoms with van der Waals surface area (Å²) < 4.78 is 43.9. The zero-order chi connectivity index (χ0) is 26.4. The van der Waals surface area contributed by atoms with Crippen LogP contribution in [0.3, 0.4) is 0 Å². The summed E-state index contributed by atoms with van der Waals surface area (Å²) in [6.45, 7) is 1.25. The third-order valence-electron chi connectivity index (χ3n) is 6.23. The summed E-state index contributed by atoms with van der Waals surface area (Å²) in [6.07, 6.45) is -3.85. The summed E-state index contributed by atoms with van der Waals surface area (Å²) in [5, 5.41) is 0. The van der Waals surface area contributed by atoms with Crippen molar-refractivity contribution in [2.75, 3.05) is 13.1 Å². The second kappa shape index (κ2) is 11.3. The van der Waals surface area contributed by atoms with Gasteiger partial charge in [-0.1, -0.05) is 60.4 Å². The Hall–Kier alpha value is -4.09. The number of carbonyl (C=O) groups is 2. The molecule has 2 N–H and O–H groups in total. The SMILES string of the molecule is NCc1cccc(C2CCN(C(=O)c3cccc(C#Cc4ccccc4)c3OC(=O)C(F)(F)F)CC2)c1. The Balaban J connectivity index is 1.59. The normalized spacial score (nSPS) is 14.0. The van der Waals surface area contributed by atoms with Gasteiger partial charge < -0.3 is 15.4 Å². The molecular weight excluding hydrogens is 481 g/mol. The third-order valence-corrected chi connectivity index (χ3v) is 6.23. The number of piperidine rings is 1. The van der Waals surface area contributed by atoms with Crippen molar-refractivity contribution in [2.24, 2.45) is 5.73 Å². The van der Waals surface area contributed by atoms with E-state index >= 15 is 0 Å². The van der Waals surface area contributed by atoms with Gasteiger partial charge in [-0.05, 0) is 54.2 Å². The van der Waals surface area contributed by atoms with Crippen LogP contribution in [0.15, 0.2) is 72.8 Å². The molecule has 5 nitrogen and oxygen atoms in total. The molecule has 0 aromatic heterocycles. The van der Waals surface area contributed by atoms with Gasteiger partial charge in [-0.3, -0.25) is 4.79 Å². The number of nitrogens with zero attached hydrogens (tertiary/aromatic N) is 1. The topological polar surface area (TPSA) is 72.6 Å². The predicted octanol–water partition coefficient (Wildman–Crippen LogP) is 5.03. The molecule has 3 aromatic carbocycles. The number of para-hydroxylation sites is 1. The van der Waals surface area contributed by atoms with Crippen molar-refractivity contribution in [1.29, 1.82) is 0 Å². The molecule has 3 aromatic rings. The van der Waals surface area contributed by atoms with Gasteiger partial charge >= 0.3 is 12.1 Å². The summed E-state index contributed by atoms with van der Waals surface area (Å²) in [7, 11) is 0. The maximum absolute atomic E-state index is 13.4. The summed E-state index contributed by atoms with van der Waals surface area (Å²) in [5.41, 5.74) is 8.42. The summed E-state index contributed by atoms with van der Waals surface area (Å²) in [5.74, 6) is 2.41. The molecule has 1 saturated heterocycles. The van der Waals surface area contributed by atoms with E-state index in [1.807, 2.05) is 18.2 Å². The summed E-state index contributed by atoms with van der Waals surface area (Å²) >= 11 is 0. The van der Waals surface area contributed by atoms with Crippen LogP contribution in [0.4, 0.5) is 13.2 Å². The number of hydrogen-bond donors (Lipinski definition) is 1. The zero-order valence-electron chi connectivity index (χ0n) is 19.9. The number of benzene rings is 3. The average Bonchev–Trinajstić information content (AvgIpc) is 2.92. The molecule has 0 aliphatic carbocycles. The zero-order valence-corrected chi connectivity index (χ0v) is 19.9. The van der Waals surface area contributed by atoms with Crippen molar-refractivity contribution in [1.82, 2.24) is 4.90 Å². The molecule has 1 amide bonds. The molecule has 0 unspecified atom stereocenters. The van der Waals surface area contributed by atoms with Crippen LogP contribution in [0.1, 0.15) is 51.4 Å². The molecule has 1 aliphatic rings. The highest BCUT2D eigenvalue weighted by atomic mass is 19.4. The lowest BCUT2D eigenvalue weighted by atomic mass is 9.88. The molecule has 0 spiro atoms. The van der Waals surface area contributed by atoms with Crippen LogP contribution < -0.4 is 10.5 Å². The van der Waals surface area contributed by atoms with Crippen LogP contribution in [0, 0.1) is 11.8 Å². The number of amides is 1. The average molecular weight is 507 g/mol. The molecule has 1 heterocycles. The van der Waals surface area contributed by atoms with Crippen molar-refractivity contribution in [3.8, 4) is 17.6 Å². The van der Waals surface area contributed by atoms with Crippen molar-refractivity contribution >= 4 is 11.9 Å². The lowest BCUT2D eigenvalue weighted by Gasteiger charge is -2.32. The molecular formula is C29H25F3N2O3. The minimum atomic E-state index is -5.23. The maximum atomic E-state index is 13.4. The predicted molar refractivity (Wildman–Crippen MR) is 133 cm³/mol. The Morgan fingerprint density at radius 2 is 1.65 bits per heavy atom. The monoisotopic (exact) mass is 506 g/mol. The first-order valence-electron chi connectivity index (χ1n) is 11.8. The van der Waals surface area contributed by atoms with Gasteiger partial charge in [0.05, 0.1) is 11.1 Å². The number of alkyl halides is 3. The molecule has 190 valence electrons. The molecule has 1 fully saturated rings. The Kier molecular flexibility index (Phi) is 7.95. The number of carbonyl (C=O) groups excluding carboxylic acids is 2. The Morgan fingerprint density at radius 1 is 0.946 bits per heavy atom. The smallest absolute Gasteiger partial charge is 0.418 e. The molecule has 0 atom stereocenters. The van der Waals surface area contributed by atoms with Gasteiger partial charge in [0.2, 0.25) is 0 Å². The first-order chi connectivity index (χ1) is 17.8. The van der Waals surface area contributed by atoms with E-state index in [4.69, 9.17) is 10.5 Å². The molecule has 0 saturated carbocycles. The molecule has 0 bridgehead atoms. The lowest BCUT2D eigenvalue weighted by molar-refractivity contribution is -0.189. The van der Waals surface area contributed by atoms with E-state index in [1.165, 1.54) is 18.2 Å². The van der Waals surface area contributed by atoms with Crippen LogP contribution in [0.2, 0.25) is 0 Å². The minimum absolute atomic E-state index is 0.0146. The van der Waals surface area contributed by atoms with Crippen molar-refractivity contribution in [2.45, 2.75) is 31.5 Å². The van der Waals surface area contributed by atoms with E-state index in [0.717, 1.165) is 11.1 Å². The minimum Gasteiger partial charge on any atom is -0.418 e. The highest BCUT2D eigenvalue weighted by molar-refractivity contribution is 5.99. The van der Waals surface area contributed by atoms with Gasteiger partial charge in [0.15, 0.2) is 5.75 Å². The second-order valence-corrected chi connectivity index (χ2v) is 8.70. The number of halogens is 3. The van der Waals surface area contributed by atoms with Gasteiger partial charge in [0, 0.05) is 25.2 Å². The quantitative estimate of drug-likeness (QED) is 0.306. The standard InChI is InChI=1S/C29H25F3N2O3/c30-29(31,32)28(36)37-26-23(13-12-20-6-2-1-3-7-20)9-5-11-25(26)27(35)34-16-14-22(15-17-34)24-10-4-8-21(18-24)19-33/h1-11,18,22H,14-17,19,33H2. The van der Waals surface area contributed by atoms with Crippen LogP contribution >= 0.6 is 0 Å².